The van der Waals surface area contributed by atoms with Crippen LogP contribution < -0.4 is 5.73 Å². The molecule has 2 atom stereocenters. The van der Waals surface area contributed by atoms with Gasteiger partial charge in [-0.05, 0) is 12.0 Å². The van der Waals surface area contributed by atoms with Gasteiger partial charge in [0.25, 0.3) is 0 Å². The summed E-state index contributed by atoms with van der Waals surface area (Å²) in [5, 5.41) is 0. The van der Waals surface area contributed by atoms with Crippen LogP contribution in [0.2, 0.25) is 0 Å². The summed E-state index contributed by atoms with van der Waals surface area (Å²) in [6, 6.07) is 9.01. The summed E-state index contributed by atoms with van der Waals surface area (Å²) >= 11 is 0. The summed E-state index contributed by atoms with van der Waals surface area (Å²) in [6.07, 6.45) is 0.483. The Bertz CT molecular complexity index is 453. The molecule has 0 bridgehead atoms. The van der Waals surface area contributed by atoms with Crippen molar-refractivity contribution in [1.82, 2.24) is 4.90 Å². The molecule has 0 aromatic heterocycles. The minimum Gasteiger partial charge on any atom is -0.469 e. The fourth-order valence-electron chi connectivity index (χ4n) is 2.01. The van der Waals surface area contributed by atoms with Crippen LogP contribution in [-0.4, -0.2) is 43.5 Å². The number of likely N-dealkylation sites (N-methyl/N-ethyl adjacent to an activating group) is 1. The highest BCUT2D eigenvalue weighted by Gasteiger charge is 2.22. The molecule has 0 aliphatic heterocycles. The van der Waals surface area contributed by atoms with Crippen LogP contribution in [0.5, 0.6) is 0 Å². The van der Waals surface area contributed by atoms with Crippen LogP contribution in [0.3, 0.4) is 0 Å². The smallest absolute Gasteiger partial charge is 0.310 e. The van der Waals surface area contributed by atoms with Crippen molar-refractivity contribution in [3.63, 3.8) is 0 Å². The normalized spacial score (nSPS) is 12.8. The van der Waals surface area contributed by atoms with Crippen LogP contribution >= 0.6 is 12.4 Å². The molecule has 0 radical (unpaired) electrons. The summed E-state index contributed by atoms with van der Waals surface area (Å²) < 4.78 is 4.64. The maximum absolute atomic E-state index is 12.1. The Kier molecular flexibility index (Phi) is 8.66. The van der Waals surface area contributed by atoms with Crippen molar-refractivity contribution in [2.75, 3.05) is 20.7 Å². The topological polar surface area (TPSA) is 72.6 Å². The first-order valence-electron chi connectivity index (χ1n) is 6.58. The van der Waals surface area contributed by atoms with Crippen LogP contribution in [0.4, 0.5) is 0 Å². The fourth-order valence-corrected chi connectivity index (χ4v) is 2.01. The molecule has 6 heteroatoms. The molecule has 0 aliphatic rings. The van der Waals surface area contributed by atoms with E-state index in [-0.39, 0.29) is 30.2 Å². The zero-order valence-electron chi connectivity index (χ0n) is 12.6. The van der Waals surface area contributed by atoms with Crippen LogP contribution in [-0.2, 0) is 20.7 Å². The lowest BCUT2D eigenvalue weighted by atomic mass is 10.1. The van der Waals surface area contributed by atoms with Crippen molar-refractivity contribution in [2.24, 2.45) is 11.7 Å². The van der Waals surface area contributed by atoms with Gasteiger partial charge in [-0.15, -0.1) is 12.4 Å². The molecule has 1 amide bonds. The summed E-state index contributed by atoms with van der Waals surface area (Å²) in [5.41, 5.74) is 6.94. The Hall–Kier alpha value is -1.59. The van der Waals surface area contributed by atoms with E-state index in [9.17, 15) is 9.59 Å². The quantitative estimate of drug-likeness (QED) is 0.802. The monoisotopic (exact) mass is 314 g/mol. The molecule has 1 aromatic rings. The Balaban J connectivity index is 0.00000400. The number of ether oxygens (including phenoxy) is 1. The molecule has 0 aliphatic carbocycles. The zero-order valence-corrected chi connectivity index (χ0v) is 13.4. The molecule has 0 saturated carbocycles. The number of hydrogen-bond acceptors (Lipinski definition) is 4. The third kappa shape index (κ3) is 6.14. The van der Waals surface area contributed by atoms with Crippen molar-refractivity contribution >= 4 is 24.3 Å². The van der Waals surface area contributed by atoms with E-state index in [0.717, 1.165) is 5.56 Å². The highest BCUT2D eigenvalue weighted by Crippen LogP contribution is 2.06. The van der Waals surface area contributed by atoms with Crippen LogP contribution in [0.15, 0.2) is 30.3 Å². The van der Waals surface area contributed by atoms with E-state index in [0.29, 0.717) is 13.0 Å². The highest BCUT2D eigenvalue weighted by molar-refractivity contribution is 5.85. The molecule has 1 unspecified atom stereocenters. The number of hydrogen-bond donors (Lipinski definition) is 1. The first-order valence-corrected chi connectivity index (χ1v) is 6.58. The summed E-state index contributed by atoms with van der Waals surface area (Å²) in [4.78, 5) is 25.0. The largest absolute Gasteiger partial charge is 0.469 e. The molecular weight excluding hydrogens is 292 g/mol. The van der Waals surface area contributed by atoms with Gasteiger partial charge in [-0.2, -0.15) is 0 Å². The molecule has 118 valence electrons. The first kappa shape index (κ1) is 19.4. The van der Waals surface area contributed by atoms with Gasteiger partial charge in [0.1, 0.15) is 0 Å². The minimum absolute atomic E-state index is 0. The molecule has 21 heavy (non-hydrogen) atoms. The zero-order chi connectivity index (χ0) is 15.1. The second-order valence-electron chi connectivity index (χ2n) is 4.94. The van der Waals surface area contributed by atoms with Gasteiger partial charge in [0.15, 0.2) is 0 Å². The van der Waals surface area contributed by atoms with Gasteiger partial charge in [-0.3, -0.25) is 9.59 Å². The van der Waals surface area contributed by atoms with Gasteiger partial charge < -0.3 is 15.4 Å². The number of carbonyl (C=O) groups excluding carboxylic acids is 2. The second kappa shape index (κ2) is 9.37. The highest BCUT2D eigenvalue weighted by atomic mass is 35.5. The number of methoxy groups -OCH3 is 1. The number of nitrogens with zero attached hydrogens (tertiary/aromatic N) is 1. The molecule has 5 nitrogen and oxygen atoms in total. The Labute approximate surface area is 131 Å². The van der Waals surface area contributed by atoms with Gasteiger partial charge in [0.2, 0.25) is 5.91 Å². The van der Waals surface area contributed by atoms with E-state index in [2.05, 4.69) is 4.74 Å². The predicted molar refractivity (Wildman–Crippen MR) is 84.2 cm³/mol. The van der Waals surface area contributed by atoms with Crippen molar-refractivity contribution in [1.29, 1.82) is 0 Å². The molecule has 0 spiro atoms. The number of carbonyl (C=O) groups is 2. The second-order valence-corrected chi connectivity index (χ2v) is 4.94. The fraction of sp³-hybridized carbons (Fsp3) is 0.467. The number of halogens is 1. The Morgan fingerprint density at radius 2 is 1.86 bits per heavy atom. The predicted octanol–water partition coefficient (Wildman–Crippen LogP) is 1.25. The maximum Gasteiger partial charge on any atom is 0.310 e. The molecule has 0 saturated heterocycles. The standard InChI is InChI=1S/C15H22N2O3.ClH/c1-11(15(19)20-3)10-17(2)14(18)13(16)9-12-7-5-4-6-8-12;/h4-8,11,13H,9-10,16H2,1-3H3;1H/t11?,13-;/m0./s1. The third-order valence-corrected chi connectivity index (χ3v) is 3.14. The Morgan fingerprint density at radius 3 is 2.38 bits per heavy atom. The van der Waals surface area contributed by atoms with Gasteiger partial charge >= 0.3 is 5.97 Å². The van der Waals surface area contributed by atoms with E-state index in [4.69, 9.17) is 5.73 Å². The molecule has 0 heterocycles. The van der Waals surface area contributed by atoms with Gasteiger partial charge in [-0.25, -0.2) is 0 Å². The van der Waals surface area contributed by atoms with E-state index in [1.54, 1.807) is 14.0 Å². The van der Waals surface area contributed by atoms with Gasteiger partial charge in [-0.1, -0.05) is 37.3 Å². The number of nitrogens with two attached hydrogens (primary N) is 1. The van der Waals surface area contributed by atoms with Gasteiger partial charge in [0.05, 0.1) is 19.1 Å². The molecule has 1 rings (SSSR count). The minimum atomic E-state index is -0.604. The van der Waals surface area contributed by atoms with E-state index < -0.39 is 6.04 Å². The van der Waals surface area contributed by atoms with Crippen molar-refractivity contribution in [3.05, 3.63) is 35.9 Å². The lowest BCUT2D eigenvalue weighted by Gasteiger charge is -2.23. The lowest BCUT2D eigenvalue weighted by Crippen LogP contribution is -2.45. The number of esters is 1. The van der Waals surface area contributed by atoms with E-state index in [1.165, 1.54) is 12.0 Å². The molecule has 0 fully saturated rings. The van der Waals surface area contributed by atoms with Crippen molar-refractivity contribution < 1.29 is 14.3 Å². The molecular formula is C15H23ClN2O3. The van der Waals surface area contributed by atoms with Gasteiger partial charge in [0, 0.05) is 13.6 Å². The third-order valence-electron chi connectivity index (χ3n) is 3.14. The van der Waals surface area contributed by atoms with Crippen LogP contribution in [0.1, 0.15) is 12.5 Å². The summed E-state index contributed by atoms with van der Waals surface area (Å²) in [7, 11) is 2.98. The van der Waals surface area contributed by atoms with E-state index in [1.807, 2.05) is 30.3 Å². The average Bonchev–Trinajstić information content (AvgIpc) is 2.46. The van der Waals surface area contributed by atoms with Crippen LogP contribution in [0, 0.1) is 5.92 Å². The van der Waals surface area contributed by atoms with Crippen LogP contribution in [0.25, 0.3) is 0 Å². The van der Waals surface area contributed by atoms with E-state index >= 15 is 0 Å². The van der Waals surface area contributed by atoms with Crippen molar-refractivity contribution in [2.45, 2.75) is 19.4 Å². The maximum atomic E-state index is 12.1. The molecule has 2 N–H and O–H groups in total. The number of benzene rings is 1. The summed E-state index contributed by atoms with van der Waals surface area (Å²) in [6.45, 7) is 2.02. The molecule has 1 aromatic carbocycles. The number of rotatable bonds is 6. The van der Waals surface area contributed by atoms with Crippen molar-refractivity contribution in [3.8, 4) is 0 Å². The first-order chi connectivity index (χ1) is 9.45. The lowest BCUT2D eigenvalue weighted by molar-refractivity contribution is -0.146. The summed E-state index contributed by atoms with van der Waals surface area (Å²) in [5.74, 6) is -0.872. The average molecular weight is 315 g/mol. The number of amides is 1. The SMILES string of the molecule is COC(=O)C(C)CN(C)C(=O)[C@@H](N)Cc1ccccc1.Cl. The Morgan fingerprint density at radius 1 is 1.29 bits per heavy atom.